The largest absolute Gasteiger partial charge is 0.495 e. The first-order valence-electron chi connectivity index (χ1n) is 7.71. The molecule has 0 saturated carbocycles. The minimum absolute atomic E-state index is 0.00968. The van der Waals surface area contributed by atoms with E-state index in [1.54, 1.807) is 32.2 Å². The van der Waals surface area contributed by atoms with Crippen molar-refractivity contribution >= 4 is 35.0 Å². The summed E-state index contributed by atoms with van der Waals surface area (Å²) in [4.78, 5) is 36.6. The number of anilines is 1. The zero-order valence-electron chi connectivity index (χ0n) is 14.5. The van der Waals surface area contributed by atoms with Gasteiger partial charge in [0.15, 0.2) is 0 Å². The Morgan fingerprint density at radius 2 is 1.80 bits per heavy atom. The van der Waals surface area contributed by atoms with Crippen LogP contribution in [0.1, 0.15) is 6.92 Å². The van der Waals surface area contributed by atoms with Crippen LogP contribution in [0.3, 0.4) is 0 Å². The molecule has 0 heterocycles. The number of nitrogens with one attached hydrogen (secondary N) is 3. The van der Waals surface area contributed by atoms with E-state index in [1.165, 1.54) is 12.0 Å². The lowest BCUT2D eigenvalue weighted by Crippen LogP contribution is -2.42. The zero-order valence-corrected chi connectivity index (χ0v) is 15.3. The molecule has 138 valence electrons. The minimum Gasteiger partial charge on any atom is -0.495 e. The maximum atomic E-state index is 12.1. The highest BCUT2D eigenvalue weighted by molar-refractivity contribution is 6.31. The fourth-order valence-electron chi connectivity index (χ4n) is 2.01. The molecule has 3 amide bonds. The van der Waals surface area contributed by atoms with E-state index in [4.69, 9.17) is 16.3 Å². The van der Waals surface area contributed by atoms with Gasteiger partial charge in [0.25, 0.3) is 0 Å². The minimum atomic E-state index is -0.345. The molecule has 25 heavy (non-hydrogen) atoms. The molecular formula is C16H23ClN4O4. The number of nitrogens with zero attached hydrogens (tertiary/aromatic N) is 1. The van der Waals surface area contributed by atoms with E-state index in [0.29, 0.717) is 23.0 Å². The summed E-state index contributed by atoms with van der Waals surface area (Å²) in [6, 6.07) is 4.88. The zero-order chi connectivity index (χ0) is 18.8. The van der Waals surface area contributed by atoms with Crippen molar-refractivity contribution in [1.29, 1.82) is 0 Å². The third-order valence-corrected chi connectivity index (χ3v) is 3.32. The Bertz CT molecular complexity index is 624. The number of rotatable bonds is 9. The average molecular weight is 371 g/mol. The Morgan fingerprint density at radius 1 is 1.12 bits per heavy atom. The van der Waals surface area contributed by atoms with Crippen LogP contribution in [-0.2, 0) is 14.4 Å². The number of hydrogen-bond acceptors (Lipinski definition) is 5. The number of benzene rings is 1. The first-order valence-corrected chi connectivity index (χ1v) is 8.08. The standard InChI is InChI=1S/C16H23ClN4O4/c1-4-18-14(22)8-19-15(23)9-21(2)10-16(24)20-12-7-11(17)5-6-13(12)25-3/h5-7H,4,8-10H2,1-3H3,(H,18,22)(H,19,23)(H,20,24). The molecule has 0 atom stereocenters. The molecule has 0 fully saturated rings. The Morgan fingerprint density at radius 3 is 2.44 bits per heavy atom. The first kappa shape index (κ1) is 20.7. The molecular weight excluding hydrogens is 348 g/mol. The van der Waals surface area contributed by atoms with Gasteiger partial charge in [-0.05, 0) is 32.2 Å². The van der Waals surface area contributed by atoms with Crippen molar-refractivity contribution in [3.05, 3.63) is 23.2 Å². The van der Waals surface area contributed by atoms with Crippen LogP contribution in [0.5, 0.6) is 5.75 Å². The van der Waals surface area contributed by atoms with Gasteiger partial charge in [0, 0.05) is 11.6 Å². The molecule has 0 aliphatic carbocycles. The van der Waals surface area contributed by atoms with E-state index in [0.717, 1.165) is 0 Å². The smallest absolute Gasteiger partial charge is 0.239 e. The van der Waals surface area contributed by atoms with E-state index in [2.05, 4.69) is 16.0 Å². The highest BCUT2D eigenvalue weighted by Gasteiger charge is 2.13. The maximum Gasteiger partial charge on any atom is 0.239 e. The monoisotopic (exact) mass is 370 g/mol. The van der Waals surface area contributed by atoms with Crippen molar-refractivity contribution in [2.75, 3.05) is 45.7 Å². The molecule has 0 saturated heterocycles. The van der Waals surface area contributed by atoms with Crippen LogP contribution in [0.25, 0.3) is 0 Å². The lowest BCUT2D eigenvalue weighted by atomic mass is 10.3. The fraction of sp³-hybridized carbons (Fsp3) is 0.438. The normalized spacial score (nSPS) is 10.3. The van der Waals surface area contributed by atoms with E-state index >= 15 is 0 Å². The predicted octanol–water partition coefficient (Wildman–Crippen LogP) is 0.471. The van der Waals surface area contributed by atoms with Crippen LogP contribution in [-0.4, -0.2) is 63.0 Å². The molecule has 1 aromatic rings. The SMILES string of the molecule is CCNC(=O)CNC(=O)CN(C)CC(=O)Nc1cc(Cl)ccc1OC. The van der Waals surface area contributed by atoms with Crippen molar-refractivity contribution < 1.29 is 19.1 Å². The van der Waals surface area contributed by atoms with Gasteiger partial charge < -0.3 is 20.7 Å². The van der Waals surface area contributed by atoms with Gasteiger partial charge in [-0.3, -0.25) is 19.3 Å². The van der Waals surface area contributed by atoms with Crippen LogP contribution in [0, 0.1) is 0 Å². The number of likely N-dealkylation sites (N-methyl/N-ethyl adjacent to an activating group) is 2. The topological polar surface area (TPSA) is 99.8 Å². The summed E-state index contributed by atoms with van der Waals surface area (Å²) < 4.78 is 5.16. The lowest BCUT2D eigenvalue weighted by Gasteiger charge is -2.17. The van der Waals surface area contributed by atoms with E-state index in [9.17, 15) is 14.4 Å². The third kappa shape index (κ3) is 7.86. The summed E-state index contributed by atoms with van der Waals surface area (Å²) in [7, 11) is 3.12. The fourth-order valence-corrected chi connectivity index (χ4v) is 2.18. The molecule has 9 heteroatoms. The molecule has 3 N–H and O–H groups in total. The summed E-state index contributed by atoms with van der Waals surface area (Å²) in [5.74, 6) is -0.439. The van der Waals surface area contributed by atoms with Crippen LogP contribution in [0.4, 0.5) is 5.69 Å². The molecule has 0 unspecified atom stereocenters. The number of carbonyl (C=O) groups is 3. The molecule has 0 bridgehead atoms. The van der Waals surface area contributed by atoms with Crippen molar-refractivity contribution in [1.82, 2.24) is 15.5 Å². The second-order valence-corrected chi connectivity index (χ2v) is 5.73. The summed E-state index contributed by atoms with van der Waals surface area (Å²) in [6.45, 7) is 2.18. The number of ether oxygens (including phenoxy) is 1. The third-order valence-electron chi connectivity index (χ3n) is 3.08. The lowest BCUT2D eigenvalue weighted by molar-refractivity contribution is -0.127. The number of carbonyl (C=O) groups excluding carboxylic acids is 3. The summed E-state index contributed by atoms with van der Waals surface area (Å²) in [6.07, 6.45) is 0. The molecule has 0 spiro atoms. The van der Waals surface area contributed by atoms with Crippen molar-refractivity contribution in [2.24, 2.45) is 0 Å². The van der Waals surface area contributed by atoms with Crippen LogP contribution < -0.4 is 20.7 Å². The Kier molecular flexibility index (Phi) is 8.73. The number of methoxy groups -OCH3 is 1. The Labute approximate surface area is 151 Å². The number of hydrogen-bond donors (Lipinski definition) is 3. The molecule has 0 aliphatic rings. The van der Waals surface area contributed by atoms with Crippen molar-refractivity contribution in [2.45, 2.75) is 6.92 Å². The van der Waals surface area contributed by atoms with Gasteiger partial charge in [-0.1, -0.05) is 11.6 Å². The van der Waals surface area contributed by atoms with Gasteiger partial charge in [-0.15, -0.1) is 0 Å². The average Bonchev–Trinajstić information content (AvgIpc) is 2.53. The highest BCUT2D eigenvalue weighted by atomic mass is 35.5. The molecule has 0 aromatic heterocycles. The van der Waals surface area contributed by atoms with Crippen LogP contribution >= 0.6 is 11.6 Å². The summed E-state index contributed by atoms with van der Waals surface area (Å²) >= 11 is 5.91. The second kappa shape index (κ2) is 10.5. The van der Waals surface area contributed by atoms with Crippen LogP contribution in [0.2, 0.25) is 5.02 Å². The van der Waals surface area contributed by atoms with Gasteiger partial charge in [-0.2, -0.15) is 0 Å². The summed E-state index contributed by atoms with van der Waals surface area (Å²) in [5.41, 5.74) is 0.453. The first-order chi connectivity index (χ1) is 11.8. The molecule has 0 radical (unpaired) electrons. The number of amides is 3. The second-order valence-electron chi connectivity index (χ2n) is 5.30. The molecule has 0 aliphatic heterocycles. The van der Waals surface area contributed by atoms with Crippen molar-refractivity contribution in [3.63, 3.8) is 0 Å². The van der Waals surface area contributed by atoms with Gasteiger partial charge in [-0.25, -0.2) is 0 Å². The Balaban J connectivity index is 2.45. The molecule has 8 nitrogen and oxygen atoms in total. The van der Waals surface area contributed by atoms with E-state index in [1.807, 2.05) is 0 Å². The van der Waals surface area contributed by atoms with E-state index in [-0.39, 0.29) is 37.4 Å². The molecule has 1 aromatic carbocycles. The van der Waals surface area contributed by atoms with Gasteiger partial charge in [0.1, 0.15) is 5.75 Å². The van der Waals surface area contributed by atoms with Crippen molar-refractivity contribution in [3.8, 4) is 5.75 Å². The number of halogens is 1. The predicted molar refractivity (Wildman–Crippen MR) is 95.8 cm³/mol. The van der Waals surface area contributed by atoms with Gasteiger partial charge in [0.05, 0.1) is 32.4 Å². The molecule has 1 rings (SSSR count). The van der Waals surface area contributed by atoms with E-state index < -0.39 is 0 Å². The highest BCUT2D eigenvalue weighted by Crippen LogP contribution is 2.27. The van der Waals surface area contributed by atoms with Gasteiger partial charge in [0.2, 0.25) is 17.7 Å². The summed E-state index contributed by atoms with van der Waals surface area (Å²) in [5, 5.41) is 8.21. The quantitative estimate of drug-likeness (QED) is 0.587. The Hall–Kier alpha value is -2.32. The van der Waals surface area contributed by atoms with Crippen LogP contribution in [0.15, 0.2) is 18.2 Å². The van der Waals surface area contributed by atoms with Gasteiger partial charge >= 0.3 is 0 Å². The maximum absolute atomic E-state index is 12.1.